The topological polar surface area (TPSA) is 0 Å². The molecule has 0 bridgehead atoms. The Morgan fingerprint density at radius 2 is 0.900 bits per heavy atom. The van der Waals surface area contributed by atoms with E-state index in [2.05, 4.69) is 76.2 Å². The van der Waals surface area contributed by atoms with Crippen molar-refractivity contribution in [2.75, 3.05) is 0 Å². The first-order valence-corrected chi connectivity index (χ1v) is 7.65. The van der Waals surface area contributed by atoms with Gasteiger partial charge in [-0.25, -0.2) is 0 Å². The van der Waals surface area contributed by atoms with Gasteiger partial charge in [0.1, 0.15) is 0 Å². The van der Waals surface area contributed by atoms with E-state index in [0.717, 1.165) is 0 Å². The minimum Gasteiger partial charge on any atom is -0.0619 e. The molecule has 20 heavy (non-hydrogen) atoms. The van der Waals surface area contributed by atoms with E-state index in [9.17, 15) is 0 Å². The van der Waals surface area contributed by atoms with E-state index in [1.807, 2.05) is 0 Å². The standard InChI is InChI=1S/C20H26/c1-15-5-9-19(10-6-15)13-17(3)18(4)14-20-11-7-16(2)8-12-20/h5-12,17-18H,13-14H2,1-4H3. The summed E-state index contributed by atoms with van der Waals surface area (Å²) in [6.07, 6.45) is 2.35. The van der Waals surface area contributed by atoms with E-state index >= 15 is 0 Å². The Labute approximate surface area is 123 Å². The molecule has 0 saturated carbocycles. The zero-order chi connectivity index (χ0) is 14.5. The number of hydrogen-bond donors (Lipinski definition) is 0. The highest BCUT2D eigenvalue weighted by Gasteiger charge is 2.13. The maximum Gasteiger partial charge on any atom is -0.0250 e. The van der Waals surface area contributed by atoms with Crippen molar-refractivity contribution in [3.8, 4) is 0 Å². The van der Waals surface area contributed by atoms with E-state index < -0.39 is 0 Å². The largest absolute Gasteiger partial charge is 0.0619 e. The molecule has 2 aromatic rings. The first kappa shape index (κ1) is 14.8. The number of aryl methyl sites for hydroxylation is 2. The molecule has 2 aromatic carbocycles. The Hall–Kier alpha value is -1.56. The molecule has 106 valence electrons. The van der Waals surface area contributed by atoms with Crippen molar-refractivity contribution in [2.45, 2.75) is 40.5 Å². The third-order valence-electron chi connectivity index (χ3n) is 4.33. The zero-order valence-electron chi connectivity index (χ0n) is 13.2. The van der Waals surface area contributed by atoms with Crippen LogP contribution < -0.4 is 0 Å². The minimum absolute atomic E-state index is 0.707. The van der Waals surface area contributed by atoms with E-state index in [0.29, 0.717) is 11.8 Å². The number of hydrogen-bond acceptors (Lipinski definition) is 0. The van der Waals surface area contributed by atoms with Gasteiger partial charge >= 0.3 is 0 Å². The molecule has 2 atom stereocenters. The molecule has 0 saturated heterocycles. The van der Waals surface area contributed by atoms with Gasteiger partial charge in [-0.2, -0.15) is 0 Å². The summed E-state index contributed by atoms with van der Waals surface area (Å²) in [4.78, 5) is 0. The van der Waals surface area contributed by atoms with Gasteiger partial charge in [0.25, 0.3) is 0 Å². The van der Waals surface area contributed by atoms with Gasteiger partial charge in [0.05, 0.1) is 0 Å². The molecule has 0 spiro atoms. The molecule has 0 aliphatic rings. The SMILES string of the molecule is Cc1ccc(CC(C)C(C)Cc2ccc(C)cc2)cc1. The second kappa shape index (κ2) is 6.74. The van der Waals surface area contributed by atoms with Crippen molar-refractivity contribution in [1.29, 1.82) is 0 Å². The van der Waals surface area contributed by atoms with Crippen molar-refractivity contribution >= 4 is 0 Å². The second-order valence-electron chi connectivity index (χ2n) is 6.33. The van der Waals surface area contributed by atoms with Crippen molar-refractivity contribution in [3.05, 3.63) is 70.8 Å². The molecule has 0 aliphatic heterocycles. The molecule has 2 rings (SSSR count). The van der Waals surface area contributed by atoms with E-state index in [1.54, 1.807) is 0 Å². The predicted octanol–water partition coefficient (Wildman–Crippen LogP) is 5.36. The maximum absolute atomic E-state index is 2.37. The van der Waals surface area contributed by atoms with Gasteiger partial charge < -0.3 is 0 Å². The van der Waals surface area contributed by atoms with Gasteiger partial charge in [-0.1, -0.05) is 73.5 Å². The Morgan fingerprint density at radius 3 is 1.20 bits per heavy atom. The Bertz CT molecular complexity index is 467. The highest BCUT2D eigenvalue weighted by Crippen LogP contribution is 2.21. The van der Waals surface area contributed by atoms with Crippen LogP contribution in [0.25, 0.3) is 0 Å². The fourth-order valence-electron chi connectivity index (χ4n) is 2.59. The van der Waals surface area contributed by atoms with Crippen LogP contribution in [-0.2, 0) is 12.8 Å². The Kier molecular flexibility index (Phi) is 5.00. The first-order chi connectivity index (χ1) is 9.54. The van der Waals surface area contributed by atoms with E-state index in [-0.39, 0.29) is 0 Å². The number of rotatable bonds is 5. The van der Waals surface area contributed by atoms with Gasteiger partial charge in [0, 0.05) is 0 Å². The van der Waals surface area contributed by atoms with Crippen LogP contribution in [0.5, 0.6) is 0 Å². The van der Waals surface area contributed by atoms with Crippen LogP contribution in [-0.4, -0.2) is 0 Å². The average Bonchev–Trinajstić information content (AvgIpc) is 2.44. The highest BCUT2D eigenvalue weighted by molar-refractivity contribution is 5.23. The highest BCUT2D eigenvalue weighted by atomic mass is 14.2. The van der Waals surface area contributed by atoms with Crippen LogP contribution in [0.15, 0.2) is 48.5 Å². The van der Waals surface area contributed by atoms with Crippen LogP contribution in [0.1, 0.15) is 36.1 Å². The first-order valence-electron chi connectivity index (χ1n) is 7.65. The summed E-state index contributed by atoms with van der Waals surface area (Å²) in [5.74, 6) is 1.41. The quantitative estimate of drug-likeness (QED) is 0.683. The summed E-state index contributed by atoms with van der Waals surface area (Å²) < 4.78 is 0. The molecular weight excluding hydrogens is 240 g/mol. The normalized spacial score (nSPS) is 14.0. The van der Waals surface area contributed by atoms with Gasteiger partial charge in [-0.3, -0.25) is 0 Å². The van der Waals surface area contributed by atoms with Gasteiger partial charge in [-0.05, 0) is 49.7 Å². The van der Waals surface area contributed by atoms with Crippen molar-refractivity contribution in [3.63, 3.8) is 0 Å². The molecule has 0 heteroatoms. The van der Waals surface area contributed by atoms with Gasteiger partial charge in [0.15, 0.2) is 0 Å². The maximum atomic E-state index is 2.37. The third kappa shape index (κ3) is 4.23. The summed E-state index contributed by atoms with van der Waals surface area (Å²) in [5, 5.41) is 0. The monoisotopic (exact) mass is 266 g/mol. The van der Waals surface area contributed by atoms with Gasteiger partial charge in [0.2, 0.25) is 0 Å². The molecule has 2 unspecified atom stereocenters. The smallest absolute Gasteiger partial charge is 0.0250 e. The molecule has 0 aromatic heterocycles. The minimum atomic E-state index is 0.707. The van der Waals surface area contributed by atoms with Crippen molar-refractivity contribution in [1.82, 2.24) is 0 Å². The van der Waals surface area contributed by atoms with Crippen LogP contribution in [0.2, 0.25) is 0 Å². The molecule has 0 fully saturated rings. The predicted molar refractivity (Wildman–Crippen MR) is 88.1 cm³/mol. The van der Waals surface area contributed by atoms with Crippen LogP contribution in [0.3, 0.4) is 0 Å². The summed E-state index contributed by atoms with van der Waals surface area (Å²) in [7, 11) is 0. The molecule has 0 N–H and O–H groups in total. The van der Waals surface area contributed by atoms with Crippen molar-refractivity contribution in [2.24, 2.45) is 11.8 Å². The molecule has 0 aliphatic carbocycles. The molecule has 0 amide bonds. The summed E-state index contributed by atoms with van der Waals surface area (Å²) in [6.45, 7) is 9.04. The zero-order valence-corrected chi connectivity index (χ0v) is 13.2. The molecule has 0 radical (unpaired) electrons. The van der Waals surface area contributed by atoms with E-state index in [1.165, 1.54) is 35.1 Å². The molecular formula is C20H26. The Balaban J connectivity index is 1.93. The second-order valence-corrected chi connectivity index (χ2v) is 6.33. The number of benzene rings is 2. The van der Waals surface area contributed by atoms with Crippen LogP contribution in [0, 0.1) is 25.7 Å². The van der Waals surface area contributed by atoms with Crippen LogP contribution in [0.4, 0.5) is 0 Å². The summed E-state index contributed by atoms with van der Waals surface area (Å²) in [5.41, 5.74) is 5.60. The van der Waals surface area contributed by atoms with Crippen LogP contribution >= 0.6 is 0 Å². The lowest BCUT2D eigenvalue weighted by Gasteiger charge is -2.20. The summed E-state index contributed by atoms with van der Waals surface area (Å²) in [6, 6.07) is 17.9. The molecule has 0 heterocycles. The lowest BCUT2D eigenvalue weighted by atomic mass is 9.85. The summed E-state index contributed by atoms with van der Waals surface area (Å²) >= 11 is 0. The fourth-order valence-corrected chi connectivity index (χ4v) is 2.59. The lowest BCUT2D eigenvalue weighted by molar-refractivity contribution is 0.383. The average molecular weight is 266 g/mol. The lowest BCUT2D eigenvalue weighted by Crippen LogP contribution is -2.13. The molecule has 0 nitrogen and oxygen atoms in total. The van der Waals surface area contributed by atoms with Gasteiger partial charge in [-0.15, -0.1) is 0 Å². The Morgan fingerprint density at radius 1 is 0.600 bits per heavy atom. The third-order valence-corrected chi connectivity index (χ3v) is 4.33. The van der Waals surface area contributed by atoms with E-state index in [4.69, 9.17) is 0 Å². The van der Waals surface area contributed by atoms with Crippen molar-refractivity contribution < 1.29 is 0 Å². The fraction of sp³-hybridized carbons (Fsp3) is 0.400.